The van der Waals surface area contributed by atoms with Gasteiger partial charge in [-0.15, -0.1) is 11.3 Å². The van der Waals surface area contributed by atoms with Gasteiger partial charge in [0.2, 0.25) is 0 Å². The van der Waals surface area contributed by atoms with Crippen molar-refractivity contribution in [2.75, 3.05) is 11.5 Å². The molecule has 0 radical (unpaired) electrons. The molecule has 5 nitrogen and oxygen atoms in total. The van der Waals surface area contributed by atoms with Crippen LogP contribution in [0.5, 0.6) is 0 Å². The molecule has 1 unspecified atom stereocenters. The first-order valence-corrected chi connectivity index (χ1v) is 12.0. The number of thiophene rings is 1. The van der Waals surface area contributed by atoms with Crippen molar-refractivity contribution in [2.24, 2.45) is 0 Å². The van der Waals surface area contributed by atoms with E-state index in [1.165, 1.54) is 0 Å². The second kappa shape index (κ2) is 7.04. The van der Waals surface area contributed by atoms with Gasteiger partial charge in [0.25, 0.3) is 5.91 Å². The molecule has 1 atom stereocenters. The number of amides is 1. The summed E-state index contributed by atoms with van der Waals surface area (Å²) in [4.78, 5) is 16.3. The van der Waals surface area contributed by atoms with Crippen LogP contribution in [0.15, 0.2) is 34.1 Å². The number of rotatable bonds is 4. The van der Waals surface area contributed by atoms with Crippen LogP contribution in [0.2, 0.25) is 0 Å². The maximum atomic E-state index is 13.5. The van der Waals surface area contributed by atoms with Crippen molar-refractivity contribution in [3.8, 4) is 0 Å². The number of carbonyl (C=O) groups is 1. The summed E-state index contributed by atoms with van der Waals surface area (Å²) in [7, 11) is -3.11. The molecule has 3 heterocycles. The van der Waals surface area contributed by atoms with Crippen LogP contribution in [0.3, 0.4) is 0 Å². The Morgan fingerprint density at radius 2 is 2.04 bits per heavy atom. The highest BCUT2D eigenvalue weighted by molar-refractivity contribution is 7.91. The van der Waals surface area contributed by atoms with Crippen LogP contribution in [-0.2, 0) is 16.4 Å². The molecule has 1 aromatic carbocycles. The number of benzene rings is 1. The Labute approximate surface area is 168 Å². The lowest BCUT2D eigenvalue weighted by Crippen LogP contribution is -2.40. The average Bonchev–Trinajstić information content (AvgIpc) is 3.30. The summed E-state index contributed by atoms with van der Waals surface area (Å²) in [5.74, 6) is 0.213. The first-order chi connectivity index (χ1) is 13.2. The molecular formula is C21H23NO4S2. The van der Waals surface area contributed by atoms with Gasteiger partial charge in [0.1, 0.15) is 5.58 Å². The fourth-order valence-corrected chi connectivity index (χ4v) is 6.41. The van der Waals surface area contributed by atoms with Gasteiger partial charge < -0.3 is 9.32 Å². The standard InChI is InChI=1S/C21H23NO4S2/c1-13-4-5-18-17(10-13)15(3)20(26-18)21(23)22(11-19-14(2)6-8-27-19)16-7-9-28(24,25)12-16/h4-6,8,10,16H,7,9,11-12H2,1-3H3. The van der Waals surface area contributed by atoms with Crippen molar-refractivity contribution in [1.82, 2.24) is 4.90 Å². The van der Waals surface area contributed by atoms with Crippen molar-refractivity contribution in [2.45, 2.75) is 39.8 Å². The molecule has 1 fully saturated rings. The quantitative estimate of drug-likeness (QED) is 0.636. The molecule has 1 aliphatic rings. The summed E-state index contributed by atoms with van der Waals surface area (Å²) >= 11 is 1.59. The van der Waals surface area contributed by atoms with E-state index in [9.17, 15) is 13.2 Å². The third kappa shape index (κ3) is 3.49. The molecule has 1 saturated heterocycles. The molecule has 3 aromatic rings. The van der Waals surface area contributed by atoms with Gasteiger partial charge >= 0.3 is 0 Å². The van der Waals surface area contributed by atoms with E-state index in [2.05, 4.69) is 0 Å². The third-order valence-electron chi connectivity index (χ3n) is 5.48. The molecule has 0 aliphatic carbocycles. The van der Waals surface area contributed by atoms with E-state index >= 15 is 0 Å². The van der Waals surface area contributed by atoms with Gasteiger partial charge in [-0.2, -0.15) is 0 Å². The second-order valence-corrected chi connectivity index (χ2v) is 10.8. The molecule has 0 saturated carbocycles. The molecule has 1 amide bonds. The Morgan fingerprint density at radius 3 is 2.68 bits per heavy atom. The van der Waals surface area contributed by atoms with E-state index < -0.39 is 9.84 Å². The van der Waals surface area contributed by atoms with E-state index in [0.29, 0.717) is 24.3 Å². The van der Waals surface area contributed by atoms with Crippen molar-refractivity contribution in [3.05, 3.63) is 57.0 Å². The van der Waals surface area contributed by atoms with Gasteiger partial charge in [-0.25, -0.2) is 8.42 Å². The lowest BCUT2D eigenvalue weighted by atomic mass is 10.1. The maximum Gasteiger partial charge on any atom is 0.290 e. The minimum Gasteiger partial charge on any atom is -0.451 e. The second-order valence-electron chi connectivity index (χ2n) is 7.57. The zero-order valence-corrected chi connectivity index (χ0v) is 17.8. The monoisotopic (exact) mass is 417 g/mol. The molecule has 1 aliphatic heterocycles. The van der Waals surface area contributed by atoms with E-state index in [4.69, 9.17) is 4.42 Å². The highest BCUT2D eigenvalue weighted by atomic mass is 32.2. The number of aryl methyl sites for hydroxylation is 3. The fraction of sp³-hybridized carbons (Fsp3) is 0.381. The van der Waals surface area contributed by atoms with Crippen LogP contribution in [0.4, 0.5) is 0 Å². The summed E-state index contributed by atoms with van der Waals surface area (Å²) in [6.45, 7) is 6.30. The molecule has 0 bridgehead atoms. The Hall–Kier alpha value is -2.12. The fourth-order valence-electron chi connectivity index (χ4n) is 3.78. The summed E-state index contributed by atoms with van der Waals surface area (Å²) in [6, 6.07) is 7.54. The van der Waals surface area contributed by atoms with Crippen LogP contribution in [-0.4, -0.2) is 36.8 Å². The van der Waals surface area contributed by atoms with Gasteiger partial charge in [-0.3, -0.25) is 4.79 Å². The molecule has 28 heavy (non-hydrogen) atoms. The SMILES string of the molecule is Cc1ccc2oc(C(=O)N(Cc3sccc3C)C3CCS(=O)(=O)C3)c(C)c2c1. The number of hydrogen-bond acceptors (Lipinski definition) is 5. The number of fused-ring (bicyclic) bond motifs is 1. The molecule has 0 spiro atoms. The topological polar surface area (TPSA) is 67.6 Å². The molecular weight excluding hydrogens is 394 g/mol. The molecule has 148 valence electrons. The minimum atomic E-state index is -3.11. The van der Waals surface area contributed by atoms with Crippen molar-refractivity contribution in [3.63, 3.8) is 0 Å². The first-order valence-electron chi connectivity index (χ1n) is 9.29. The first kappa shape index (κ1) is 19.2. The number of nitrogens with zero attached hydrogens (tertiary/aromatic N) is 1. The molecule has 7 heteroatoms. The van der Waals surface area contributed by atoms with Gasteiger partial charge in [0.15, 0.2) is 15.6 Å². The minimum absolute atomic E-state index is 0.0154. The van der Waals surface area contributed by atoms with Crippen LogP contribution < -0.4 is 0 Å². The zero-order valence-electron chi connectivity index (χ0n) is 16.2. The van der Waals surface area contributed by atoms with E-state index in [1.54, 1.807) is 16.2 Å². The third-order valence-corrected chi connectivity index (χ3v) is 8.24. The largest absolute Gasteiger partial charge is 0.451 e. The average molecular weight is 418 g/mol. The Balaban J connectivity index is 1.74. The van der Waals surface area contributed by atoms with E-state index in [0.717, 1.165) is 27.0 Å². The van der Waals surface area contributed by atoms with Gasteiger partial charge in [0, 0.05) is 21.9 Å². The Bertz CT molecular complexity index is 1160. The number of sulfone groups is 1. The maximum absolute atomic E-state index is 13.5. The zero-order chi connectivity index (χ0) is 20.1. The van der Waals surface area contributed by atoms with Gasteiger partial charge in [0.05, 0.1) is 18.1 Å². The van der Waals surface area contributed by atoms with E-state index in [-0.39, 0.29) is 23.5 Å². The van der Waals surface area contributed by atoms with Crippen LogP contribution in [0.1, 0.15) is 38.5 Å². The number of hydrogen-bond donors (Lipinski definition) is 0. The highest BCUT2D eigenvalue weighted by Crippen LogP contribution is 2.30. The summed E-state index contributed by atoms with van der Waals surface area (Å²) in [5.41, 5.74) is 3.69. The van der Waals surface area contributed by atoms with Crippen molar-refractivity contribution >= 4 is 38.1 Å². The molecule has 4 rings (SSSR count). The lowest BCUT2D eigenvalue weighted by molar-refractivity contribution is 0.0651. The highest BCUT2D eigenvalue weighted by Gasteiger charge is 2.37. The van der Waals surface area contributed by atoms with Crippen LogP contribution in [0.25, 0.3) is 11.0 Å². The number of carbonyl (C=O) groups excluding carboxylic acids is 1. The summed E-state index contributed by atoms with van der Waals surface area (Å²) < 4.78 is 30.0. The van der Waals surface area contributed by atoms with Crippen molar-refractivity contribution in [1.29, 1.82) is 0 Å². The van der Waals surface area contributed by atoms with Gasteiger partial charge in [-0.1, -0.05) is 11.6 Å². The normalized spacial score (nSPS) is 18.6. The van der Waals surface area contributed by atoms with Gasteiger partial charge in [-0.05, 0) is 56.3 Å². The predicted molar refractivity (Wildman–Crippen MR) is 112 cm³/mol. The predicted octanol–water partition coefficient (Wildman–Crippen LogP) is 4.25. The smallest absolute Gasteiger partial charge is 0.290 e. The van der Waals surface area contributed by atoms with Crippen LogP contribution >= 0.6 is 11.3 Å². The summed E-state index contributed by atoms with van der Waals surface area (Å²) in [6.07, 6.45) is 0.469. The summed E-state index contributed by atoms with van der Waals surface area (Å²) in [5, 5.41) is 2.92. The number of furan rings is 1. The Kier molecular flexibility index (Phi) is 4.83. The Morgan fingerprint density at radius 1 is 1.25 bits per heavy atom. The lowest BCUT2D eigenvalue weighted by Gasteiger charge is -2.27. The molecule has 0 N–H and O–H groups in total. The van der Waals surface area contributed by atoms with Crippen LogP contribution in [0, 0.1) is 20.8 Å². The molecule has 2 aromatic heterocycles. The van der Waals surface area contributed by atoms with Crippen molar-refractivity contribution < 1.29 is 17.6 Å². The van der Waals surface area contributed by atoms with E-state index in [1.807, 2.05) is 50.4 Å².